The van der Waals surface area contributed by atoms with Crippen LogP contribution >= 0.6 is 12.2 Å². The SMILES string of the molecule is CCOc1ccc(C(=O)NC(=S)Nc2ccccc2C(=O)N2CCN(C(c3ccccc3)c3ccccc3)CC2)cc1. The third-order valence-electron chi connectivity index (χ3n) is 7.26. The molecule has 1 fully saturated rings. The summed E-state index contributed by atoms with van der Waals surface area (Å²) < 4.78 is 5.44. The fourth-order valence-electron chi connectivity index (χ4n) is 5.21. The molecule has 8 heteroatoms. The highest BCUT2D eigenvalue weighted by Gasteiger charge is 2.29. The van der Waals surface area contributed by atoms with Gasteiger partial charge >= 0.3 is 0 Å². The summed E-state index contributed by atoms with van der Waals surface area (Å²) in [5.41, 5.74) is 3.98. The molecule has 1 saturated heterocycles. The predicted octanol–water partition coefficient (Wildman–Crippen LogP) is 5.76. The quantitative estimate of drug-likeness (QED) is 0.259. The summed E-state index contributed by atoms with van der Waals surface area (Å²) in [5.74, 6) is 0.273. The van der Waals surface area contributed by atoms with Gasteiger partial charge in [-0.1, -0.05) is 72.8 Å². The van der Waals surface area contributed by atoms with Gasteiger partial charge in [-0.3, -0.25) is 19.8 Å². The lowest BCUT2D eigenvalue weighted by Crippen LogP contribution is -2.50. The van der Waals surface area contributed by atoms with E-state index in [0.29, 0.717) is 42.3 Å². The van der Waals surface area contributed by atoms with E-state index in [1.165, 1.54) is 11.1 Å². The Morgan fingerprint density at radius 2 is 1.36 bits per heavy atom. The van der Waals surface area contributed by atoms with Gasteiger partial charge < -0.3 is 15.0 Å². The van der Waals surface area contributed by atoms with Crippen LogP contribution in [0.3, 0.4) is 0 Å². The number of benzene rings is 4. The van der Waals surface area contributed by atoms with Crippen molar-refractivity contribution in [2.45, 2.75) is 13.0 Å². The van der Waals surface area contributed by atoms with E-state index in [2.05, 4.69) is 64.1 Å². The molecule has 42 heavy (non-hydrogen) atoms. The topological polar surface area (TPSA) is 73.9 Å². The summed E-state index contributed by atoms with van der Waals surface area (Å²) in [6, 6.07) is 35.2. The number of para-hydroxylation sites is 1. The number of piperazine rings is 1. The Hall–Kier alpha value is -4.53. The molecular weight excluding hydrogens is 544 g/mol. The van der Waals surface area contributed by atoms with Gasteiger partial charge in [-0.2, -0.15) is 0 Å². The van der Waals surface area contributed by atoms with Crippen molar-refractivity contribution in [2.24, 2.45) is 0 Å². The normalized spacial score (nSPS) is 13.4. The number of nitrogens with zero attached hydrogens (tertiary/aromatic N) is 2. The fourth-order valence-corrected chi connectivity index (χ4v) is 5.42. The number of amides is 2. The first kappa shape index (κ1) is 29.0. The van der Waals surface area contributed by atoms with Gasteiger partial charge in [-0.05, 0) is 66.7 Å². The highest BCUT2D eigenvalue weighted by atomic mass is 32.1. The van der Waals surface area contributed by atoms with Crippen LogP contribution in [0.5, 0.6) is 5.75 Å². The predicted molar refractivity (Wildman–Crippen MR) is 170 cm³/mol. The molecule has 0 spiro atoms. The monoisotopic (exact) mass is 578 g/mol. The summed E-state index contributed by atoms with van der Waals surface area (Å²) >= 11 is 5.42. The second kappa shape index (κ2) is 13.9. The van der Waals surface area contributed by atoms with Crippen molar-refractivity contribution in [1.29, 1.82) is 0 Å². The molecule has 1 aliphatic heterocycles. The Morgan fingerprint density at radius 1 is 0.786 bits per heavy atom. The molecule has 1 aliphatic rings. The number of hydrogen-bond acceptors (Lipinski definition) is 5. The van der Waals surface area contributed by atoms with Crippen molar-refractivity contribution in [3.05, 3.63) is 131 Å². The van der Waals surface area contributed by atoms with Gasteiger partial charge in [-0.15, -0.1) is 0 Å². The highest BCUT2D eigenvalue weighted by molar-refractivity contribution is 7.80. The third kappa shape index (κ3) is 7.02. The lowest BCUT2D eigenvalue weighted by atomic mass is 9.96. The summed E-state index contributed by atoms with van der Waals surface area (Å²) in [5, 5.41) is 5.87. The second-order valence-electron chi connectivity index (χ2n) is 9.96. The van der Waals surface area contributed by atoms with Crippen LogP contribution < -0.4 is 15.4 Å². The van der Waals surface area contributed by atoms with E-state index in [1.54, 1.807) is 36.4 Å². The van der Waals surface area contributed by atoms with Crippen molar-refractivity contribution < 1.29 is 14.3 Å². The molecule has 0 atom stereocenters. The smallest absolute Gasteiger partial charge is 0.257 e. The maximum atomic E-state index is 13.7. The molecule has 4 aromatic carbocycles. The average Bonchev–Trinajstić information content (AvgIpc) is 3.03. The van der Waals surface area contributed by atoms with Crippen molar-refractivity contribution in [3.63, 3.8) is 0 Å². The van der Waals surface area contributed by atoms with Gasteiger partial charge in [0.2, 0.25) is 0 Å². The van der Waals surface area contributed by atoms with Crippen LogP contribution in [0.1, 0.15) is 44.8 Å². The van der Waals surface area contributed by atoms with Gasteiger partial charge in [0.15, 0.2) is 5.11 Å². The van der Waals surface area contributed by atoms with Crippen LogP contribution in [-0.2, 0) is 0 Å². The van der Waals surface area contributed by atoms with E-state index in [9.17, 15) is 9.59 Å². The average molecular weight is 579 g/mol. The summed E-state index contributed by atoms with van der Waals surface area (Å²) in [6.45, 7) is 5.14. The highest BCUT2D eigenvalue weighted by Crippen LogP contribution is 2.30. The zero-order valence-corrected chi connectivity index (χ0v) is 24.3. The number of rotatable bonds is 8. The van der Waals surface area contributed by atoms with Gasteiger partial charge in [0.05, 0.1) is 23.9 Å². The number of thiocarbonyl (C=S) groups is 1. The largest absolute Gasteiger partial charge is 0.494 e. The minimum absolute atomic E-state index is 0.0747. The first-order chi connectivity index (χ1) is 20.5. The van der Waals surface area contributed by atoms with Gasteiger partial charge in [0.25, 0.3) is 11.8 Å². The first-order valence-electron chi connectivity index (χ1n) is 14.1. The fraction of sp³-hybridized carbons (Fsp3) is 0.206. The molecule has 0 aromatic heterocycles. The third-order valence-corrected chi connectivity index (χ3v) is 7.46. The molecule has 0 unspecified atom stereocenters. The van der Waals surface area contributed by atoms with Crippen LogP contribution in [0.15, 0.2) is 109 Å². The summed E-state index contributed by atoms with van der Waals surface area (Å²) in [4.78, 5) is 30.7. The Morgan fingerprint density at radius 3 is 1.95 bits per heavy atom. The van der Waals surface area contributed by atoms with Crippen molar-refractivity contribution >= 4 is 34.8 Å². The number of carbonyl (C=O) groups excluding carboxylic acids is 2. The lowest BCUT2D eigenvalue weighted by Gasteiger charge is -2.40. The molecule has 214 valence electrons. The number of ether oxygens (including phenoxy) is 1. The Labute approximate surface area is 252 Å². The van der Waals surface area contributed by atoms with Gasteiger partial charge in [0.1, 0.15) is 5.75 Å². The van der Waals surface area contributed by atoms with E-state index >= 15 is 0 Å². The maximum absolute atomic E-state index is 13.7. The minimum atomic E-state index is -0.345. The number of nitrogens with one attached hydrogen (secondary N) is 2. The van der Waals surface area contributed by atoms with Crippen LogP contribution in [0, 0.1) is 0 Å². The van der Waals surface area contributed by atoms with E-state index in [1.807, 2.05) is 36.1 Å². The van der Waals surface area contributed by atoms with Gasteiger partial charge in [0, 0.05) is 31.7 Å². The first-order valence-corrected chi connectivity index (χ1v) is 14.5. The minimum Gasteiger partial charge on any atom is -0.494 e. The Bertz CT molecular complexity index is 1470. The number of hydrogen-bond donors (Lipinski definition) is 2. The van der Waals surface area contributed by atoms with Gasteiger partial charge in [-0.25, -0.2) is 0 Å². The van der Waals surface area contributed by atoms with E-state index < -0.39 is 0 Å². The van der Waals surface area contributed by atoms with Crippen molar-refractivity contribution in [1.82, 2.24) is 15.1 Å². The van der Waals surface area contributed by atoms with Crippen LogP contribution in [0.2, 0.25) is 0 Å². The summed E-state index contributed by atoms with van der Waals surface area (Å²) in [7, 11) is 0. The van der Waals surface area contributed by atoms with Crippen molar-refractivity contribution in [2.75, 3.05) is 38.1 Å². The Kier molecular flexibility index (Phi) is 9.59. The standard InChI is InChI=1S/C34H34N4O3S/c1-2-41-28-19-17-27(18-20-28)32(39)36-34(42)35-30-16-10-9-15-29(30)33(40)38-23-21-37(22-24-38)31(25-11-5-3-6-12-25)26-13-7-4-8-14-26/h3-20,31H,2,21-24H2,1H3,(H2,35,36,39,42). The molecule has 7 nitrogen and oxygen atoms in total. The van der Waals surface area contributed by atoms with Crippen LogP contribution in [0.25, 0.3) is 0 Å². The molecule has 0 bridgehead atoms. The summed E-state index contributed by atoms with van der Waals surface area (Å²) in [6.07, 6.45) is 0. The Balaban J connectivity index is 1.23. The van der Waals surface area contributed by atoms with Crippen LogP contribution in [0.4, 0.5) is 5.69 Å². The zero-order valence-electron chi connectivity index (χ0n) is 23.5. The molecule has 5 rings (SSSR count). The number of anilines is 1. The molecule has 0 aliphatic carbocycles. The lowest BCUT2D eigenvalue weighted by molar-refractivity contribution is 0.0598. The molecule has 0 radical (unpaired) electrons. The van der Waals surface area contributed by atoms with Crippen molar-refractivity contribution in [3.8, 4) is 5.75 Å². The maximum Gasteiger partial charge on any atom is 0.257 e. The number of carbonyl (C=O) groups is 2. The molecule has 1 heterocycles. The van der Waals surface area contributed by atoms with E-state index in [4.69, 9.17) is 17.0 Å². The van der Waals surface area contributed by atoms with E-state index in [0.717, 1.165) is 13.1 Å². The van der Waals surface area contributed by atoms with E-state index in [-0.39, 0.29) is 23.0 Å². The molecule has 2 N–H and O–H groups in total. The second-order valence-corrected chi connectivity index (χ2v) is 10.4. The molecule has 2 amide bonds. The van der Waals surface area contributed by atoms with Crippen LogP contribution in [-0.4, -0.2) is 59.5 Å². The zero-order chi connectivity index (χ0) is 29.3. The molecule has 0 saturated carbocycles. The molecule has 4 aromatic rings. The molecular formula is C34H34N4O3S.